The Hall–Kier alpha value is -2.75. The van der Waals surface area contributed by atoms with Crippen LogP contribution in [0.2, 0.25) is 5.02 Å². The molecule has 0 radical (unpaired) electrons. The van der Waals surface area contributed by atoms with E-state index in [1.54, 1.807) is 25.1 Å². The van der Waals surface area contributed by atoms with Crippen LogP contribution in [-0.2, 0) is 11.3 Å². The minimum absolute atomic E-state index is 0.300. The molecule has 0 saturated heterocycles. The molecular formula is C20H15ClN2O3S. The summed E-state index contributed by atoms with van der Waals surface area (Å²) >= 11 is 7.43. The van der Waals surface area contributed by atoms with Crippen LogP contribution in [0.15, 0.2) is 47.5 Å². The predicted octanol–water partition coefficient (Wildman–Crippen LogP) is 3.65. The van der Waals surface area contributed by atoms with E-state index in [0.29, 0.717) is 27.9 Å². The first-order valence-corrected chi connectivity index (χ1v) is 9.49. The summed E-state index contributed by atoms with van der Waals surface area (Å²) in [5.74, 6) is 3.33. The first-order chi connectivity index (χ1) is 13.1. The number of fused-ring (bicyclic) bond motifs is 2. The predicted molar refractivity (Wildman–Crippen MR) is 105 cm³/mol. The maximum atomic E-state index is 12.8. The Labute approximate surface area is 164 Å². The molecule has 3 aromatic rings. The summed E-state index contributed by atoms with van der Waals surface area (Å²) < 4.78 is 14.4. The van der Waals surface area contributed by atoms with Crippen LogP contribution in [0.5, 0.6) is 11.5 Å². The third-order valence-electron chi connectivity index (χ3n) is 4.19. The first kappa shape index (κ1) is 17.7. The molecule has 0 aliphatic carbocycles. The Morgan fingerprint density at radius 2 is 2.04 bits per heavy atom. The number of hydrogen-bond donors (Lipinski definition) is 0. The van der Waals surface area contributed by atoms with E-state index in [0.717, 1.165) is 10.2 Å². The van der Waals surface area contributed by atoms with E-state index in [1.165, 1.54) is 11.3 Å². The van der Waals surface area contributed by atoms with E-state index in [9.17, 15) is 4.79 Å². The maximum absolute atomic E-state index is 12.8. The first-order valence-electron chi connectivity index (χ1n) is 8.30. The van der Waals surface area contributed by atoms with Gasteiger partial charge in [0.1, 0.15) is 6.10 Å². The number of thiazole rings is 1. The average Bonchev–Trinajstić information content (AvgIpc) is 2.97. The van der Waals surface area contributed by atoms with Crippen molar-refractivity contribution in [3.05, 3.63) is 52.3 Å². The Kier molecular flexibility index (Phi) is 4.65. The lowest BCUT2D eigenvalue weighted by molar-refractivity contribution is -0.130. The van der Waals surface area contributed by atoms with Gasteiger partial charge in [-0.2, -0.15) is 4.99 Å². The largest absolute Gasteiger partial charge is 0.482 e. The number of aromatic nitrogens is 1. The Morgan fingerprint density at radius 1 is 1.30 bits per heavy atom. The molecule has 1 aliphatic rings. The summed E-state index contributed by atoms with van der Waals surface area (Å²) in [6.07, 6.45) is 4.21. The number of carbonyl (C=O) groups excluding carboxylic acids is 1. The van der Waals surface area contributed by atoms with Crippen LogP contribution < -0.4 is 14.3 Å². The van der Waals surface area contributed by atoms with Crippen LogP contribution in [0, 0.1) is 12.3 Å². The average molecular weight is 399 g/mol. The van der Waals surface area contributed by atoms with E-state index < -0.39 is 18.1 Å². The van der Waals surface area contributed by atoms with Gasteiger partial charge in [-0.1, -0.05) is 41.0 Å². The van der Waals surface area contributed by atoms with E-state index >= 15 is 0 Å². The summed E-state index contributed by atoms with van der Waals surface area (Å²) in [5.41, 5.74) is 0.883. The molecule has 27 heavy (non-hydrogen) atoms. The van der Waals surface area contributed by atoms with Crippen LogP contribution in [0.4, 0.5) is 0 Å². The van der Waals surface area contributed by atoms with Crippen LogP contribution in [0.25, 0.3) is 10.2 Å². The second kappa shape index (κ2) is 7.10. The van der Waals surface area contributed by atoms with Gasteiger partial charge in [-0.25, -0.2) is 0 Å². The van der Waals surface area contributed by atoms with Gasteiger partial charge in [0, 0.05) is 5.02 Å². The highest BCUT2D eigenvalue weighted by Crippen LogP contribution is 2.33. The highest BCUT2D eigenvalue weighted by molar-refractivity contribution is 7.16. The van der Waals surface area contributed by atoms with Crippen molar-refractivity contribution in [2.45, 2.75) is 25.7 Å². The molecule has 2 heterocycles. The summed E-state index contributed by atoms with van der Waals surface area (Å²) in [6.45, 7) is 2.09. The van der Waals surface area contributed by atoms with Gasteiger partial charge in [-0.15, -0.1) is 6.42 Å². The zero-order valence-electron chi connectivity index (χ0n) is 14.4. The minimum Gasteiger partial charge on any atom is -0.482 e. The van der Waals surface area contributed by atoms with Crippen LogP contribution in [0.3, 0.4) is 0 Å². The SMILES string of the molecule is C#CCn1c(=NC(=O)C2Oc3ccccc3OC2C)sc2cc(Cl)ccc21. The van der Waals surface area contributed by atoms with Crippen molar-refractivity contribution in [2.24, 2.45) is 4.99 Å². The number of para-hydroxylation sites is 2. The zero-order valence-corrected chi connectivity index (χ0v) is 16.0. The molecule has 0 bridgehead atoms. The maximum Gasteiger partial charge on any atom is 0.293 e. The zero-order chi connectivity index (χ0) is 19.0. The second-order valence-corrected chi connectivity index (χ2v) is 7.49. The fourth-order valence-corrected chi connectivity index (χ4v) is 4.24. The van der Waals surface area contributed by atoms with E-state index in [4.69, 9.17) is 27.5 Å². The molecule has 0 spiro atoms. The van der Waals surface area contributed by atoms with Gasteiger partial charge in [-0.05, 0) is 37.3 Å². The number of benzene rings is 2. The molecule has 0 N–H and O–H groups in total. The molecule has 136 valence electrons. The second-order valence-electron chi connectivity index (χ2n) is 6.05. The quantitative estimate of drug-likeness (QED) is 0.619. The van der Waals surface area contributed by atoms with Crippen molar-refractivity contribution in [3.8, 4) is 23.8 Å². The van der Waals surface area contributed by atoms with Gasteiger partial charge in [-0.3, -0.25) is 4.79 Å². The topological polar surface area (TPSA) is 52.8 Å². The Morgan fingerprint density at radius 3 is 2.78 bits per heavy atom. The summed E-state index contributed by atoms with van der Waals surface area (Å²) in [5, 5.41) is 0.615. The summed E-state index contributed by atoms with van der Waals surface area (Å²) in [4.78, 5) is 17.6. The van der Waals surface area contributed by atoms with Crippen LogP contribution >= 0.6 is 22.9 Å². The molecule has 7 heteroatoms. The number of terminal acetylenes is 1. The number of rotatable bonds is 2. The van der Waals surface area contributed by atoms with Gasteiger partial charge >= 0.3 is 0 Å². The molecule has 2 atom stereocenters. The van der Waals surface area contributed by atoms with Gasteiger partial charge in [0.25, 0.3) is 5.91 Å². The third-order valence-corrected chi connectivity index (χ3v) is 5.46. The number of nitrogens with zero attached hydrogens (tertiary/aromatic N) is 2. The fraction of sp³-hybridized carbons (Fsp3) is 0.200. The standard InChI is InChI=1S/C20H15ClN2O3S/c1-3-10-23-14-9-8-13(21)11-17(14)27-20(23)22-19(24)18-12(2)25-15-6-4-5-7-16(15)26-18/h1,4-9,11-12,18H,10H2,2H3. The fourth-order valence-electron chi connectivity index (χ4n) is 2.93. The molecule has 0 fully saturated rings. The molecule has 5 nitrogen and oxygen atoms in total. The number of amides is 1. The van der Waals surface area contributed by atoms with E-state index in [-0.39, 0.29) is 0 Å². The number of hydrogen-bond acceptors (Lipinski definition) is 4. The number of ether oxygens (including phenoxy) is 2. The van der Waals surface area contributed by atoms with Crippen molar-refractivity contribution in [1.29, 1.82) is 0 Å². The van der Waals surface area contributed by atoms with Gasteiger partial charge in [0.2, 0.25) is 6.10 Å². The number of halogens is 1. The smallest absolute Gasteiger partial charge is 0.293 e. The highest BCUT2D eigenvalue weighted by atomic mass is 35.5. The molecular weight excluding hydrogens is 384 g/mol. The molecule has 0 saturated carbocycles. The van der Waals surface area contributed by atoms with E-state index in [1.807, 2.05) is 28.8 Å². The molecule has 1 aromatic heterocycles. The Balaban J connectivity index is 1.74. The minimum atomic E-state index is -0.826. The molecule has 2 unspecified atom stereocenters. The molecule has 2 aromatic carbocycles. The number of carbonyl (C=O) groups is 1. The highest BCUT2D eigenvalue weighted by Gasteiger charge is 2.34. The van der Waals surface area contributed by atoms with Crippen molar-refractivity contribution in [2.75, 3.05) is 0 Å². The third kappa shape index (κ3) is 3.32. The van der Waals surface area contributed by atoms with E-state index in [2.05, 4.69) is 10.9 Å². The molecule has 1 aliphatic heterocycles. The lowest BCUT2D eigenvalue weighted by atomic mass is 10.1. The van der Waals surface area contributed by atoms with Gasteiger partial charge in [0.05, 0.1) is 16.8 Å². The molecule has 4 rings (SSSR count). The van der Waals surface area contributed by atoms with Gasteiger partial charge in [0.15, 0.2) is 16.3 Å². The Bertz CT molecular complexity index is 1140. The lowest BCUT2D eigenvalue weighted by Gasteiger charge is -2.29. The van der Waals surface area contributed by atoms with Gasteiger partial charge < -0.3 is 14.0 Å². The summed E-state index contributed by atoms with van der Waals surface area (Å²) in [6, 6.07) is 12.7. The molecule has 1 amide bonds. The van der Waals surface area contributed by atoms with Crippen molar-refractivity contribution in [1.82, 2.24) is 4.57 Å². The summed E-state index contributed by atoms with van der Waals surface area (Å²) in [7, 11) is 0. The van der Waals surface area contributed by atoms with Crippen LogP contribution in [0.1, 0.15) is 6.92 Å². The monoisotopic (exact) mass is 398 g/mol. The van der Waals surface area contributed by atoms with Crippen LogP contribution in [-0.4, -0.2) is 22.7 Å². The van der Waals surface area contributed by atoms with Crippen molar-refractivity contribution in [3.63, 3.8) is 0 Å². The van der Waals surface area contributed by atoms with Crippen molar-refractivity contribution >= 4 is 39.1 Å². The normalized spacial score (nSPS) is 19.1. The lowest BCUT2D eigenvalue weighted by Crippen LogP contribution is -2.43. The van der Waals surface area contributed by atoms with Crippen molar-refractivity contribution < 1.29 is 14.3 Å².